The fraction of sp³-hybridized carbons (Fsp3) is 0.467. The Morgan fingerprint density at radius 1 is 1.41 bits per heavy atom. The first-order chi connectivity index (χ1) is 10.5. The molecule has 0 bridgehead atoms. The molecular formula is C15H19FN2O4. The highest BCUT2D eigenvalue weighted by molar-refractivity contribution is 5.86. The maximum absolute atomic E-state index is 13.5. The van der Waals surface area contributed by atoms with Gasteiger partial charge in [0.05, 0.1) is 13.2 Å². The Hall–Kier alpha value is -1.99. The van der Waals surface area contributed by atoms with E-state index in [-0.39, 0.29) is 5.91 Å². The summed E-state index contributed by atoms with van der Waals surface area (Å²) in [6, 6.07) is 5.14. The minimum Gasteiger partial charge on any atom is -0.480 e. The highest BCUT2D eigenvalue weighted by Gasteiger charge is 2.31. The maximum Gasteiger partial charge on any atom is 0.323 e. The summed E-state index contributed by atoms with van der Waals surface area (Å²) in [4.78, 5) is 26.5. The highest BCUT2D eigenvalue weighted by Crippen LogP contribution is 2.24. The average molecular weight is 310 g/mol. The van der Waals surface area contributed by atoms with Crippen molar-refractivity contribution in [2.24, 2.45) is 0 Å². The molecule has 1 amide bonds. The summed E-state index contributed by atoms with van der Waals surface area (Å²) in [5.41, 5.74) is 0.518. The zero-order valence-electron chi connectivity index (χ0n) is 12.4. The number of hydrogen-bond donors (Lipinski definition) is 1. The van der Waals surface area contributed by atoms with Crippen LogP contribution in [-0.4, -0.2) is 66.7 Å². The summed E-state index contributed by atoms with van der Waals surface area (Å²) in [5, 5.41) is 8.85. The Labute approximate surface area is 128 Å². The van der Waals surface area contributed by atoms with Crippen LogP contribution in [0.3, 0.4) is 0 Å². The van der Waals surface area contributed by atoms with Crippen LogP contribution >= 0.6 is 0 Å². The lowest BCUT2D eigenvalue weighted by molar-refractivity contribution is -0.146. The van der Waals surface area contributed by atoms with Gasteiger partial charge in [-0.05, 0) is 17.7 Å². The Morgan fingerprint density at radius 2 is 2.09 bits per heavy atom. The monoisotopic (exact) mass is 310 g/mol. The van der Waals surface area contributed by atoms with Gasteiger partial charge < -0.3 is 14.7 Å². The van der Waals surface area contributed by atoms with Crippen molar-refractivity contribution in [2.75, 3.05) is 39.9 Å². The third kappa shape index (κ3) is 4.02. The van der Waals surface area contributed by atoms with Crippen LogP contribution in [0.5, 0.6) is 0 Å². The van der Waals surface area contributed by atoms with Gasteiger partial charge in [-0.1, -0.05) is 12.1 Å². The van der Waals surface area contributed by atoms with Crippen LogP contribution in [0.4, 0.5) is 4.39 Å². The molecule has 0 aromatic heterocycles. The van der Waals surface area contributed by atoms with Gasteiger partial charge in [0.1, 0.15) is 18.4 Å². The molecule has 0 spiro atoms. The standard InChI is InChI=1S/C15H19FN2O4/c1-17(10-13(19)20)15(21)14(18-5-7-22-8-6-18)11-3-2-4-12(16)9-11/h2-4,9,14H,5-8,10H2,1H3,(H,19,20)/t14-/m0/s1. The molecule has 1 fully saturated rings. The summed E-state index contributed by atoms with van der Waals surface area (Å²) in [6.07, 6.45) is 0. The lowest BCUT2D eigenvalue weighted by Crippen LogP contribution is -2.47. The molecule has 0 unspecified atom stereocenters. The van der Waals surface area contributed by atoms with Gasteiger partial charge in [-0.2, -0.15) is 0 Å². The van der Waals surface area contributed by atoms with Crippen LogP contribution < -0.4 is 0 Å². The topological polar surface area (TPSA) is 70.1 Å². The van der Waals surface area contributed by atoms with Crippen molar-refractivity contribution in [1.29, 1.82) is 0 Å². The third-order valence-electron chi connectivity index (χ3n) is 3.56. The van der Waals surface area contributed by atoms with Gasteiger partial charge in [0.2, 0.25) is 5.91 Å². The van der Waals surface area contributed by atoms with Crippen LogP contribution in [0.25, 0.3) is 0 Å². The molecule has 22 heavy (non-hydrogen) atoms. The predicted molar refractivity (Wildman–Crippen MR) is 76.8 cm³/mol. The van der Waals surface area contributed by atoms with Crippen molar-refractivity contribution in [1.82, 2.24) is 9.80 Å². The van der Waals surface area contributed by atoms with E-state index in [4.69, 9.17) is 9.84 Å². The molecule has 0 radical (unpaired) electrons. The second kappa shape index (κ2) is 7.33. The van der Waals surface area contributed by atoms with E-state index >= 15 is 0 Å². The molecule has 0 saturated carbocycles. The number of hydrogen-bond acceptors (Lipinski definition) is 4. The van der Waals surface area contributed by atoms with Crippen molar-refractivity contribution in [3.05, 3.63) is 35.6 Å². The SMILES string of the molecule is CN(CC(=O)O)C(=O)[C@H](c1cccc(F)c1)N1CCOCC1. The molecule has 6 nitrogen and oxygen atoms in total. The van der Waals surface area contributed by atoms with Crippen LogP contribution in [0, 0.1) is 5.82 Å². The number of carbonyl (C=O) groups excluding carboxylic acids is 1. The largest absolute Gasteiger partial charge is 0.480 e. The zero-order valence-corrected chi connectivity index (χ0v) is 12.4. The van der Waals surface area contributed by atoms with Gasteiger partial charge in [-0.25, -0.2) is 4.39 Å². The van der Waals surface area contributed by atoms with Gasteiger partial charge in [0.25, 0.3) is 0 Å². The molecule has 0 aliphatic carbocycles. The number of ether oxygens (including phenoxy) is 1. The summed E-state index contributed by atoms with van der Waals surface area (Å²) < 4.78 is 18.8. The average Bonchev–Trinajstić information content (AvgIpc) is 2.48. The van der Waals surface area contributed by atoms with E-state index in [2.05, 4.69) is 0 Å². The quantitative estimate of drug-likeness (QED) is 0.869. The van der Waals surface area contributed by atoms with Crippen LogP contribution in [0.15, 0.2) is 24.3 Å². The third-order valence-corrected chi connectivity index (χ3v) is 3.56. The predicted octanol–water partition coefficient (Wildman–Crippen LogP) is 0.742. The molecule has 1 N–H and O–H groups in total. The van der Waals surface area contributed by atoms with Crippen molar-refractivity contribution in [3.8, 4) is 0 Å². The molecule has 120 valence electrons. The number of aliphatic carboxylic acids is 1. The first-order valence-electron chi connectivity index (χ1n) is 7.03. The minimum atomic E-state index is -1.09. The fourth-order valence-electron chi connectivity index (χ4n) is 2.51. The molecule has 2 rings (SSSR count). The lowest BCUT2D eigenvalue weighted by atomic mass is 10.0. The van der Waals surface area contributed by atoms with Crippen molar-refractivity contribution >= 4 is 11.9 Å². The number of halogens is 1. The molecule has 1 aromatic rings. The number of nitrogens with zero attached hydrogens (tertiary/aromatic N) is 2. The van der Waals surface area contributed by atoms with Crippen molar-refractivity contribution in [3.63, 3.8) is 0 Å². The van der Waals surface area contributed by atoms with Crippen molar-refractivity contribution < 1.29 is 23.8 Å². The number of rotatable bonds is 5. The van der Waals surface area contributed by atoms with E-state index in [1.54, 1.807) is 12.1 Å². The Morgan fingerprint density at radius 3 is 2.68 bits per heavy atom. The first-order valence-corrected chi connectivity index (χ1v) is 7.03. The van der Waals surface area contributed by atoms with Crippen LogP contribution in [0.2, 0.25) is 0 Å². The summed E-state index contributed by atoms with van der Waals surface area (Å²) in [6.45, 7) is 1.65. The molecule has 1 saturated heterocycles. The molecular weight excluding hydrogens is 291 g/mol. The molecule has 1 aliphatic rings. The number of likely N-dealkylation sites (N-methyl/N-ethyl adjacent to an activating group) is 1. The van der Waals surface area contributed by atoms with E-state index < -0.39 is 24.4 Å². The second-order valence-corrected chi connectivity index (χ2v) is 5.19. The maximum atomic E-state index is 13.5. The Kier molecular flexibility index (Phi) is 5.46. The van der Waals surface area contributed by atoms with Crippen LogP contribution in [0.1, 0.15) is 11.6 Å². The number of carbonyl (C=O) groups is 2. The second-order valence-electron chi connectivity index (χ2n) is 5.19. The number of carboxylic acid groups (broad SMARTS) is 1. The molecule has 1 aromatic carbocycles. The molecule has 1 aliphatic heterocycles. The molecule has 7 heteroatoms. The van der Waals surface area contributed by atoms with E-state index in [0.717, 1.165) is 4.90 Å². The Balaban J connectivity index is 2.28. The lowest BCUT2D eigenvalue weighted by Gasteiger charge is -2.35. The van der Waals surface area contributed by atoms with E-state index in [1.165, 1.54) is 19.2 Å². The molecule has 1 heterocycles. The summed E-state index contributed by atoms with van der Waals surface area (Å²) >= 11 is 0. The summed E-state index contributed by atoms with van der Waals surface area (Å²) in [7, 11) is 1.43. The Bertz CT molecular complexity index is 546. The number of amides is 1. The van der Waals surface area contributed by atoms with E-state index in [9.17, 15) is 14.0 Å². The summed E-state index contributed by atoms with van der Waals surface area (Å²) in [5.74, 6) is -1.88. The van der Waals surface area contributed by atoms with E-state index in [1.807, 2.05) is 4.90 Å². The zero-order chi connectivity index (χ0) is 16.1. The normalized spacial score (nSPS) is 17.0. The minimum absolute atomic E-state index is 0.366. The smallest absolute Gasteiger partial charge is 0.323 e. The number of morpholine rings is 1. The first kappa shape index (κ1) is 16.4. The van der Waals surface area contributed by atoms with Gasteiger partial charge in [-0.15, -0.1) is 0 Å². The fourth-order valence-corrected chi connectivity index (χ4v) is 2.51. The number of benzene rings is 1. The van der Waals surface area contributed by atoms with Gasteiger partial charge in [-0.3, -0.25) is 14.5 Å². The van der Waals surface area contributed by atoms with Crippen LogP contribution in [-0.2, 0) is 14.3 Å². The van der Waals surface area contributed by atoms with Gasteiger partial charge in [0.15, 0.2) is 0 Å². The molecule has 1 atom stereocenters. The van der Waals surface area contributed by atoms with Crippen molar-refractivity contribution in [2.45, 2.75) is 6.04 Å². The van der Waals surface area contributed by atoms with Gasteiger partial charge in [0, 0.05) is 20.1 Å². The number of carboxylic acids is 1. The van der Waals surface area contributed by atoms with E-state index in [0.29, 0.717) is 31.9 Å². The van der Waals surface area contributed by atoms with Gasteiger partial charge >= 0.3 is 5.97 Å². The highest BCUT2D eigenvalue weighted by atomic mass is 19.1.